The number of hydrazine groups is 1. The lowest BCUT2D eigenvalue weighted by molar-refractivity contribution is 0.216. The first-order valence-electron chi connectivity index (χ1n) is 15.4. The molecule has 0 spiro atoms. The van der Waals surface area contributed by atoms with Crippen molar-refractivity contribution in [3.63, 3.8) is 0 Å². The lowest BCUT2D eigenvalue weighted by Crippen LogP contribution is -2.41. The van der Waals surface area contributed by atoms with Crippen LogP contribution < -0.4 is 5.43 Å². The number of amidine groups is 1. The number of rotatable bonds is 7. The van der Waals surface area contributed by atoms with Gasteiger partial charge in [0, 0.05) is 35.1 Å². The fourth-order valence-electron chi connectivity index (χ4n) is 6.59. The summed E-state index contributed by atoms with van der Waals surface area (Å²) in [6, 6.07) is 55.3. The first kappa shape index (κ1) is 26.9. The Morgan fingerprint density at radius 2 is 1.04 bits per heavy atom. The molecule has 0 saturated heterocycles. The minimum absolute atomic E-state index is 0.361. The van der Waals surface area contributed by atoms with E-state index in [9.17, 15) is 5.41 Å². The molecule has 0 unspecified atom stereocenters. The Morgan fingerprint density at radius 3 is 1.60 bits per heavy atom. The maximum absolute atomic E-state index is 9.19. The van der Waals surface area contributed by atoms with E-state index in [0.29, 0.717) is 18.9 Å². The zero-order chi connectivity index (χ0) is 30.2. The third kappa shape index (κ3) is 5.01. The van der Waals surface area contributed by atoms with E-state index < -0.39 is 0 Å². The van der Waals surface area contributed by atoms with Crippen molar-refractivity contribution in [2.24, 2.45) is 0 Å². The molecule has 1 heterocycles. The van der Waals surface area contributed by atoms with E-state index in [4.69, 9.17) is 0 Å². The Bertz CT molecular complexity index is 2190. The number of hydrogen-bond donors (Lipinski definition) is 2. The van der Waals surface area contributed by atoms with Crippen LogP contribution in [0.3, 0.4) is 0 Å². The number of fused-ring (bicyclic) bond motifs is 7. The van der Waals surface area contributed by atoms with Crippen LogP contribution in [0, 0.1) is 5.41 Å². The molecule has 0 aliphatic heterocycles. The molecule has 0 aliphatic rings. The summed E-state index contributed by atoms with van der Waals surface area (Å²) in [5, 5.41) is 18.8. The Kier molecular flexibility index (Phi) is 6.82. The monoisotopic (exact) mass is 580 g/mol. The van der Waals surface area contributed by atoms with E-state index in [0.717, 1.165) is 22.3 Å². The molecule has 1 aromatic heterocycles. The van der Waals surface area contributed by atoms with Crippen LogP contribution in [0.5, 0.6) is 0 Å². The molecule has 0 saturated carbocycles. The Hall–Kier alpha value is -5.71. The quantitative estimate of drug-likeness (QED) is 0.112. The maximum atomic E-state index is 9.19. The summed E-state index contributed by atoms with van der Waals surface area (Å²) >= 11 is 0. The van der Waals surface area contributed by atoms with Crippen molar-refractivity contribution < 1.29 is 0 Å². The normalized spacial score (nSPS) is 11.6. The van der Waals surface area contributed by atoms with Gasteiger partial charge < -0.3 is 9.99 Å². The van der Waals surface area contributed by atoms with Gasteiger partial charge in [-0.05, 0) is 56.9 Å². The smallest absolute Gasteiger partial charge is 0.140 e. The Labute approximate surface area is 262 Å². The highest BCUT2D eigenvalue weighted by atomic mass is 15.5. The van der Waals surface area contributed by atoms with Crippen LogP contribution in [0.25, 0.3) is 49.0 Å². The molecule has 2 N–H and O–H groups in total. The van der Waals surface area contributed by atoms with E-state index in [1.807, 2.05) is 18.2 Å². The summed E-state index contributed by atoms with van der Waals surface area (Å²) in [5.74, 6) is 0.361. The minimum atomic E-state index is 0.361. The van der Waals surface area contributed by atoms with Gasteiger partial charge in [0.25, 0.3) is 0 Å². The van der Waals surface area contributed by atoms with Crippen LogP contribution >= 0.6 is 0 Å². The van der Waals surface area contributed by atoms with Gasteiger partial charge in [0.1, 0.15) is 5.84 Å². The lowest BCUT2D eigenvalue weighted by atomic mass is 10.00. The highest BCUT2D eigenvalue weighted by Crippen LogP contribution is 2.40. The molecule has 8 rings (SSSR count). The largest absolute Gasteiger partial charge is 0.309 e. The number of nitrogens with one attached hydrogen (secondary N) is 2. The van der Waals surface area contributed by atoms with Crippen molar-refractivity contribution in [1.29, 1.82) is 5.41 Å². The van der Waals surface area contributed by atoms with Crippen LogP contribution in [0.4, 0.5) is 0 Å². The van der Waals surface area contributed by atoms with Gasteiger partial charge >= 0.3 is 0 Å². The predicted molar refractivity (Wildman–Crippen MR) is 188 cm³/mol. The summed E-state index contributed by atoms with van der Waals surface area (Å²) < 4.78 is 2.35. The maximum Gasteiger partial charge on any atom is 0.140 e. The SMILES string of the molecule is N=C(NN(Cc1ccccc1)Cc1ccccc1)c1cccc(-n2c3ccc4ccccc4c3c3c4ccccc4ccc32)c1. The van der Waals surface area contributed by atoms with Crippen molar-refractivity contribution in [2.45, 2.75) is 13.1 Å². The van der Waals surface area contributed by atoms with Crippen LogP contribution in [0.15, 0.2) is 158 Å². The number of nitrogens with zero attached hydrogens (tertiary/aromatic N) is 2. The second-order valence-electron chi connectivity index (χ2n) is 11.6. The predicted octanol–water partition coefficient (Wildman–Crippen LogP) is 9.62. The third-order valence-electron chi connectivity index (χ3n) is 8.64. The first-order valence-corrected chi connectivity index (χ1v) is 15.4. The molecule has 4 nitrogen and oxygen atoms in total. The van der Waals surface area contributed by atoms with Crippen molar-refractivity contribution in [3.8, 4) is 5.69 Å². The summed E-state index contributed by atoms with van der Waals surface area (Å²) in [7, 11) is 0. The average molecular weight is 581 g/mol. The van der Waals surface area contributed by atoms with Gasteiger partial charge in [0.05, 0.1) is 11.0 Å². The van der Waals surface area contributed by atoms with E-state index in [2.05, 4.69) is 155 Å². The van der Waals surface area contributed by atoms with Crippen molar-refractivity contribution in [3.05, 3.63) is 174 Å². The Morgan fingerprint density at radius 1 is 0.533 bits per heavy atom. The summed E-state index contributed by atoms with van der Waals surface area (Å²) in [6.45, 7) is 1.34. The van der Waals surface area contributed by atoms with E-state index in [1.54, 1.807) is 0 Å². The van der Waals surface area contributed by atoms with Gasteiger partial charge in [-0.2, -0.15) is 0 Å². The second-order valence-corrected chi connectivity index (χ2v) is 11.6. The molecule has 0 fully saturated rings. The molecule has 45 heavy (non-hydrogen) atoms. The topological polar surface area (TPSA) is 44.1 Å². The summed E-state index contributed by atoms with van der Waals surface area (Å²) in [5.41, 5.74) is 9.98. The number of aromatic nitrogens is 1. The fourth-order valence-corrected chi connectivity index (χ4v) is 6.59. The molecule has 0 bridgehead atoms. The molecule has 216 valence electrons. The number of hydrogen-bond acceptors (Lipinski definition) is 2. The molecule has 4 heteroatoms. The van der Waals surface area contributed by atoms with Crippen molar-refractivity contribution in [1.82, 2.24) is 15.0 Å². The molecule has 0 amide bonds. The first-order chi connectivity index (χ1) is 22.2. The van der Waals surface area contributed by atoms with Gasteiger partial charge in [0.15, 0.2) is 0 Å². The van der Waals surface area contributed by atoms with E-state index >= 15 is 0 Å². The van der Waals surface area contributed by atoms with Crippen molar-refractivity contribution >= 4 is 49.2 Å². The summed E-state index contributed by atoms with van der Waals surface area (Å²) in [4.78, 5) is 0. The van der Waals surface area contributed by atoms with Gasteiger partial charge in [-0.3, -0.25) is 5.41 Å². The van der Waals surface area contributed by atoms with Gasteiger partial charge in [-0.15, -0.1) is 0 Å². The van der Waals surface area contributed by atoms with Crippen LogP contribution in [0.1, 0.15) is 16.7 Å². The molecular weight excluding hydrogens is 548 g/mol. The van der Waals surface area contributed by atoms with Crippen LogP contribution in [0.2, 0.25) is 0 Å². The molecule has 7 aromatic carbocycles. The standard InChI is InChI=1S/C41H32N4/c42-41(43-44(27-29-12-3-1-4-13-29)28-30-14-5-2-6-15-30)33-18-11-19-34(26-33)45-37-24-22-31-16-7-9-20-35(31)39(37)40-36-21-10-8-17-32(36)23-25-38(40)45/h1-26H,27-28H2,(H2,42,43). The molecule has 0 radical (unpaired) electrons. The van der Waals surface area contributed by atoms with E-state index in [-0.39, 0.29) is 0 Å². The number of benzene rings is 7. The third-order valence-corrected chi connectivity index (χ3v) is 8.64. The lowest BCUT2D eigenvalue weighted by Gasteiger charge is -2.25. The summed E-state index contributed by atoms with van der Waals surface area (Å²) in [6.07, 6.45) is 0. The highest BCUT2D eigenvalue weighted by molar-refractivity contribution is 6.28. The zero-order valence-corrected chi connectivity index (χ0v) is 24.8. The highest BCUT2D eigenvalue weighted by Gasteiger charge is 2.18. The molecule has 8 aromatic rings. The van der Waals surface area contributed by atoms with Crippen LogP contribution in [-0.2, 0) is 13.1 Å². The fraction of sp³-hybridized carbons (Fsp3) is 0.0488. The van der Waals surface area contributed by atoms with Gasteiger partial charge in [-0.25, -0.2) is 5.01 Å². The molecule has 0 aliphatic carbocycles. The van der Waals surface area contributed by atoms with Gasteiger partial charge in [-0.1, -0.05) is 133 Å². The average Bonchev–Trinajstić information content (AvgIpc) is 3.45. The van der Waals surface area contributed by atoms with E-state index in [1.165, 1.54) is 43.4 Å². The van der Waals surface area contributed by atoms with Crippen LogP contribution in [-0.4, -0.2) is 15.4 Å². The van der Waals surface area contributed by atoms with Crippen molar-refractivity contribution in [2.75, 3.05) is 0 Å². The zero-order valence-electron chi connectivity index (χ0n) is 24.8. The molecular formula is C41H32N4. The molecule has 0 atom stereocenters. The Balaban J connectivity index is 1.23. The minimum Gasteiger partial charge on any atom is -0.309 e. The van der Waals surface area contributed by atoms with Gasteiger partial charge in [0.2, 0.25) is 0 Å². The second kappa shape index (κ2) is 11.4.